The molecule has 100 valence electrons. The van der Waals surface area contributed by atoms with Gasteiger partial charge in [0, 0.05) is 19.1 Å². The van der Waals surface area contributed by atoms with Crippen molar-refractivity contribution in [2.75, 3.05) is 0 Å². The van der Waals surface area contributed by atoms with E-state index in [1.165, 1.54) is 31.2 Å². The number of rotatable bonds is 3. The SMILES string of the molecule is CC(=O)NNC(=O)/C=C/c1ccc(Cl)c([N+](=O)[O-])c1. The molecule has 8 heteroatoms. The van der Waals surface area contributed by atoms with Gasteiger partial charge in [-0.3, -0.25) is 30.6 Å². The highest BCUT2D eigenvalue weighted by molar-refractivity contribution is 6.32. The van der Waals surface area contributed by atoms with E-state index in [9.17, 15) is 19.7 Å². The van der Waals surface area contributed by atoms with Crippen molar-refractivity contribution in [3.05, 3.63) is 45.0 Å². The van der Waals surface area contributed by atoms with Gasteiger partial charge in [0.25, 0.3) is 11.6 Å². The maximum Gasteiger partial charge on any atom is 0.288 e. The van der Waals surface area contributed by atoms with E-state index in [4.69, 9.17) is 11.6 Å². The molecule has 0 bridgehead atoms. The van der Waals surface area contributed by atoms with Crippen LogP contribution in [0.5, 0.6) is 0 Å². The largest absolute Gasteiger partial charge is 0.288 e. The molecule has 0 atom stereocenters. The minimum atomic E-state index is -0.614. The molecule has 1 aromatic carbocycles. The number of carbonyl (C=O) groups excluding carboxylic acids is 2. The molecule has 0 aliphatic rings. The third-order valence-corrected chi connectivity index (χ3v) is 2.28. The lowest BCUT2D eigenvalue weighted by Crippen LogP contribution is -2.39. The summed E-state index contributed by atoms with van der Waals surface area (Å²) in [6, 6.07) is 4.13. The van der Waals surface area contributed by atoms with Crippen molar-refractivity contribution in [1.29, 1.82) is 0 Å². The van der Waals surface area contributed by atoms with Crippen LogP contribution in [0.15, 0.2) is 24.3 Å². The minimum Gasteiger partial charge on any atom is -0.274 e. The monoisotopic (exact) mass is 283 g/mol. The molecule has 7 nitrogen and oxygen atoms in total. The molecule has 2 N–H and O–H groups in total. The third kappa shape index (κ3) is 4.76. The first-order valence-electron chi connectivity index (χ1n) is 5.08. The van der Waals surface area contributed by atoms with Gasteiger partial charge in [-0.15, -0.1) is 0 Å². The van der Waals surface area contributed by atoms with Crippen molar-refractivity contribution in [2.24, 2.45) is 0 Å². The molecule has 1 rings (SSSR count). The van der Waals surface area contributed by atoms with Gasteiger partial charge in [0.2, 0.25) is 5.91 Å². The zero-order chi connectivity index (χ0) is 14.4. The van der Waals surface area contributed by atoms with Gasteiger partial charge in [0.1, 0.15) is 5.02 Å². The Morgan fingerprint density at radius 2 is 2.05 bits per heavy atom. The maximum absolute atomic E-state index is 11.2. The molecule has 0 aliphatic carbocycles. The lowest BCUT2D eigenvalue weighted by molar-refractivity contribution is -0.384. The second kappa shape index (κ2) is 6.50. The molecule has 0 unspecified atom stereocenters. The molecule has 0 aromatic heterocycles. The molecule has 1 aromatic rings. The highest BCUT2D eigenvalue weighted by Crippen LogP contribution is 2.25. The Bertz CT molecular complexity index is 557. The average Bonchev–Trinajstić information content (AvgIpc) is 2.35. The first-order chi connectivity index (χ1) is 8.90. The summed E-state index contributed by atoms with van der Waals surface area (Å²) in [5, 5.41) is 10.7. The molecule has 0 spiro atoms. The number of hydrazine groups is 1. The van der Waals surface area contributed by atoms with Gasteiger partial charge < -0.3 is 0 Å². The van der Waals surface area contributed by atoms with Crippen molar-refractivity contribution in [1.82, 2.24) is 10.9 Å². The number of hydrogen-bond donors (Lipinski definition) is 2. The van der Waals surface area contributed by atoms with Crippen molar-refractivity contribution in [3.63, 3.8) is 0 Å². The van der Waals surface area contributed by atoms with Gasteiger partial charge in [-0.05, 0) is 17.7 Å². The first-order valence-corrected chi connectivity index (χ1v) is 5.46. The lowest BCUT2D eigenvalue weighted by Gasteiger charge is -2.00. The van der Waals surface area contributed by atoms with Gasteiger partial charge in [0.05, 0.1) is 4.92 Å². The Kier molecular flexibility index (Phi) is 5.01. The molecular formula is C11H10ClN3O4. The summed E-state index contributed by atoms with van der Waals surface area (Å²) >= 11 is 5.65. The molecule has 0 radical (unpaired) electrons. The van der Waals surface area contributed by atoms with Crippen LogP contribution in [-0.4, -0.2) is 16.7 Å². The minimum absolute atomic E-state index is 0.0184. The van der Waals surface area contributed by atoms with Crippen molar-refractivity contribution >= 4 is 35.2 Å². The number of nitro groups is 1. The van der Waals surface area contributed by atoms with Gasteiger partial charge in [-0.1, -0.05) is 17.7 Å². The van der Waals surface area contributed by atoms with Crippen LogP contribution in [-0.2, 0) is 9.59 Å². The standard InChI is InChI=1S/C11H10ClN3O4/c1-7(16)13-14-11(17)5-3-8-2-4-9(12)10(6-8)15(18)19/h2-6H,1H3,(H,13,16)(H,14,17)/b5-3+. The second-order valence-corrected chi connectivity index (χ2v) is 3.88. The zero-order valence-electron chi connectivity index (χ0n) is 9.84. The van der Waals surface area contributed by atoms with Gasteiger partial charge >= 0.3 is 0 Å². The molecule has 19 heavy (non-hydrogen) atoms. The molecular weight excluding hydrogens is 274 g/mol. The third-order valence-electron chi connectivity index (χ3n) is 1.96. The highest BCUT2D eigenvalue weighted by Gasteiger charge is 2.11. The number of nitro benzene ring substituents is 1. The number of benzene rings is 1. The number of nitrogens with one attached hydrogen (secondary N) is 2. The van der Waals surface area contributed by atoms with Crippen LogP contribution in [0.1, 0.15) is 12.5 Å². The fourth-order valence-electron chi connectivity index (χ4n) is 1.14. The van der Waals surface area contributed by atoms with Crippen LogP contribution >= 0.6 is 11.6 Å². The summed E-state index contributed by atoms with van der Waals surface area (Å²) in [4.78, 5) is 31.8. The Labute approximate surface area is 113 Å². The van der Waals surface area contributed by atoms with Crippen LogP contribution in [0.2, 0.25) is 5.02 Å². The quantitative estimate of drug-likeness (QED) is 0.498. The predicted octanol–water partition coefficient (Wildman–Crippen LogP) is 1.43. The van der Waals surface area contributed by atoms with E-state index in [1.807, 2.05) is 0 Å². The van der Waals surface area contributed by atoms with Gasteiger partial charge in [-0.25, -0.2) is 0 Å². The van der Waals surface area contributed by atoms with Crippen LogP contribution < -0.4 is 10.9 Å². The van der Waals surface area contributed by atoms with Crippen LogP contribution in [0.3, 0.4) is 0 Å². The molecule has 0 saturated heterocycles. The first kappa shape index (κ1) is 14.7. The second-order valence-electron chi connectivity index (χ2n) is 3.47. The Morgan fingerprint density at radius 1 is 1.37 bits per heavy atom. The fraction of sp³-hybridized carbons (Fsp3) is 0.0909. The Balaban J connectivity index is 2.77. The van der Waals surface area contributed by atoms with Crippen LogP contribution in [0.25, 0.3) is 6.08 Å². The van der Waals surface area contributed by atoms with E-state index >= 15 is 0 Å². The maximum atomic E-state index is 11.2. The normalized spacial score (nSPS) is 10.2. The lowest BCUT2D eigenvalue weighted by atomic mass is 10.2. The summed E-state index contributed by atoms with van der Waals surface area (Å²) < 4.78 is 0. The summed E-state index contributed by atoms with van der Waals surface area (Å²) in [6.07, 6.45) is 2.49. The number of hydrogen-bond acceptors (Lipinski definition) is 4. The van der Waals surface area contributed by atoms with E-state index in [-0.39, 0.29) is 10.7 Å². The van der Waals surface area contributed by atoms with E-state index in [1.54, 1.807) is 0 Å². The van der Waals surface area contributed by atoms with E-state index < -0.39 is 16.7 Å². The number of halogens is 1. The number of carbonyl (C=O) groups is 2. The van der Waals surface area contributed by atoms with Crippen LogP contribution in [0.4, 0.5) is 5.69 Å². The number of nitrogens with zero attached hydrogens (tertiary/aromatic N) is 1. The average molecular weight is 284 g/mol. The molecule has 0 saturated carbocycles. The topological polar surface area (TPSA) is 101 Å². The summed E-state index contributed by atoms with van der Waals surface area (Å²) in [7, 11) is 0. The predicted molar refractivity (Wildman–Crippen MR) is 69.1 cm³/mol. The molecule has 2 amide bonds. The smallest absolute Gasteiger partial charge is 0.274 e. The van der Waals surface area contributed by atoms with Crippen LogP contribution in [0, 0.1) is 10.1 Å². The van der Waals surface area contributed by atoms with Crippen molar-refractivity contribution < 1.29 is 14.5 Å². The summed E-state index contributed by atoms with van der Waals surface area (Å²) in [5.74, 6) is -0.975. The Morgan fingerprint density at radius 3 is 2.63 bits per heavy atom. The van der Waals surface area contributed by atoms with E-state index in [2.05, 4.69) is 10.9 Å². The highest BCUT2D eigenvalue weighted by atomic mass is 35.5. The number of amides is 2. The van der Waals surface area contributed by atoms with Crippen molar-refractivity contribution in [2.45, 2.75) is 6.92 Å². The fourth-order valence-corrected chi connectivity index (χ4v) is 1.32. The zero-order valence-corrected chi connectivity index (χ0v) is 10.6. The summed E-state index contributed by atoms with van der Waals surface area (Å²) in [5.41, 5.74) is 4.41. The van der Waals surface area contributed by atoms with E-state index in [0.717, 1.165) is 6.08 Å². The molecule has 0 fully saturated rings. The van der Waals surface area contributed by atoms with Gasteiger partial charge in [-0.2, -0.15) is 0 Å². The molecule has 0 aliphatic heterocycles. The molecule has 0 heterocycles. The van der Waals surface area contributed by atoms with Crippen molar-refractivity contribution in [3.8, 4) is 0 Å². The van der Waals surface area contributed by atoms with E-state index in [0.29, 0.717) is 5.56 Å². The van der Waals surface area contributed by atoms with Gasteiger partial charge in [0.15, 0.2) is 0 Å². The summed E-state index contributed by atoms with van der Waals surface area (Å²) in [6.45, 7) is 1.24. The Hall–Kier alpha value is -2.41.